The summed E-state index contributed by atoms with van der Waals surface area (Å²) < 4.78 is 28.9. The number of hydrogen-bond donors (Lipinski definition) is 0. The number of benzene rings is 1. The summed E-state index contributed by atoms with van der Waals surface area (Å²) in [6.07, 6.45) is 1.90. The van der Waals surface area contributed by atoms with Gasteiger partial charge in [0, 0.05) is 26.0 Å². The Morgan fingerprint density at radius 2 is 1.58 bits per heavy atom. The predicted molar refractivity (Wildman–Crippen MR) is 95.1 cm³/mol. The number of sulfonamides is 1. The van der Waals surface area contributed by atoms with Crippen molar-refractivity contribution in [3.63, 3.8) is 0 Å². The average molecular weight is 526 g/mol. The Morgan fingerprint density at radius 3 is 2.00 bits per heavy atom. The van der Waals surface area contributed by atoms with E-state index in [1.165, 1.54) is 0 Å². The SMILES string of the molecule is O=S(=O)(c1ccc(Cl)cc1)N1C(CI)CCC1CI. The zero-order chi connectivity index (χ0) is 14.0. The second-order valence-corrected chi connectivity index (χ2v) is 8.52. The molecular weight excluding hydrogens is 511 g/mol. The number of halogens is 3. The van der Waals surface area contributed by atoms with Crippen LogP contribution in [0.15, 0.2) is 29.2 Å². The van der Waals surface area contributed by atoms with Crippen LogP contribution < -0.4 is 0 Å². The second-order valence-electron chi connectivity index (χ2n) is 4.48. The van der Waals surface area contributed by atoms with Crippen molar-refractivity contribution in [3.05, 3.63) is 29.3 Å². The molecule has 19 heavy (non-hydrogen) atoms. The molecule has 0 saturated carbocycles. The van der Waals surface area contributed by atoms with E-state index in [2.05, 4.69) is 45.2 Å². The van der Waals surface area contributed by atoms with Crippen LogP contribution in [0.2, 0.25) is 5.02 Å². The minimum atomic E-state index is -3.41. The smallest absolute Gasteiger partial charge is 0.207 e. The fourth-order valence-corrected chi connectivity index (χ4v) is 6.61. The summed E-state index contributed by atoms with van der Waals surface area (Å²) in [6, 6.07) is 6.65. The lowest BCUT2D eigenvalue weighted by molar-refractivity contribution is 0.361. The lowest BCUT2D eigenvalue weighted by Gasteiger charge is -2.27. The molecular formula is C12H14ClI2NO2S. The van der Waals surface area contributed by atoms with E-state index in [-0.39, 0.29) is 12.1 Å². The molecule has 2 atom stereocenters. The molecule has 0 aliphatic carbocycles. The molecule has 0 spiro atoms. The molecule has 106 valence electrons. The van der Waals surface area contributed by atoms with Gasteiger partial charge in [0.15, 0.2) is 0 Å². The molecule has 0 aromatic heterocycles. The molecule has 1 aromatic carbocycles. The highest BCUT2D eigenvalue weighted by molar-refractivity contribution is 14.1. The van der Waals surface area contributed by atoms with Gasteiger partial charge in [0.25, 0.3) is 0 Å². The monoisotopic (exact) mass is 525 g/mol. The van der Waals surface area contributed by atoms with Crippen molar-refractivity contribution in [1.29, 1.82) is 0 Å². The van der Waals surface area contributed by atoms with E-state index < -0.39 is 10.0 Å². The third-order valence-electron chi connectivity index (χ3n) is 3.30. The van der Waals surface area contributed by atoms with E-state index in [1.807, 2.05) is 0 Å². The second kappa shape index (κ2) is 6.76. The third kappa shape index (κ3) is 3.38. The van der Waals surface area contributed by atoms with Gasteiger partial charge in [-0.25, -0.2) is 8.42 Å². The lowest BCUT2D eigenvalue weighted by atomic mass is 10.2. The maximum atomic E-state index is 12.8. The molecule has 3 nitrogen and oxygen atoms in total. The Morgan fingerprint density at radius 1 is 1.11 bits per heavy atom. The van der Waals surface area contributed by atoms with Crippen LogP contribution >= 0.6 is 56.8 Å². The summed E-state index contributed by atoms with van der Waals surface area (Å²) in [6.45, 7) is 0. The molecule has 1 saturated heterocycles. The fourth-order valence-electron chi connectivity index (χ4n) is 2.35. The van der Waals surface area contributed by atoms with Gasteiger partial charge >= 0.3 is 0 Å². The van der Waals surface area contributed by atoms with Gasteiger partial charge in [-0.2, -0.15) is 4.31 Å². The Bertz CT molecular complexity index is 523. The molecule has 1 aromatic rings. The van der Waals surface area contributed by atoms with Gasteiger partial charge in [0.1, 0.15) is 0 Å². The number of hydrogen-bond acceptors (Lipinski definition) is 2. The maximum Gasteiger partial charge on any atom is 0.243 e. The quantitative estimate of drug-likeness (QED) is 0.444. The Hall–Kier alpha value is 0.880. The molecule has 1 heterocycles. The van der Waals surface area contributed by atoms with Crippen LogP contribution in [0.5, 0.6) is 0 Å². The number of nitrogens with zero attached hydrogens (tertiary/aromatic N) is 1. The van der Waals surface area contributed by atoms with E-state index in [9.17, 15) is 8.42 Å². The van der Waals surface area contributed by atoms with Crippen molar-refractivity contribution >= 4 is 66.8 Å². The molecule has 2 unspecified atom stereocenters. The first-order valence-corrected chi connectivity index (χ1v) is 10.8. The zero-order valence-corrected chi connectivity index (χ0v) is 16.0. The van der Waals surface area contributed by atoms with Gasteiger partial charge in [-0.15, -0.1) is 0 Å². The van der Waals surface area contributed by atoms with Gasteiger partial charge in [-0.1, -0.05) is 56.8 Å². The van der Waals surface area contributed by atoms with Crippen LogP contribution in [0.1, 0.15) is 12.8 Å². The van der Waals surface area contributed by atoms with Gasteiger partial charge < -0.3 is 0 Å². The van der Waals surface area contributed by atoms with Crippen molar-refractivity contribution in [3.8, 4) is 0 Å². The van der Waals surface area contributed by atoms with Crippen molar-refractivity contribution in [1.82, 2.24) is 4.31 Å². The topological polar surface area (TPSA) is 37.4 Å². The van der Waals surface area contributed by atoms with Gasteiger partial charge in [0.05, 0.1) is 4.90 Å². The molecule has 1 aliphatic rings. The zero-order valence-electron chi connectivity index (χ0n) is 10.1. The molecule has 0 radical (unpaired) electrons. The summed E-state index contributed by atoms with van der Waals surface area (Å²) in [5.74, 6) is 0. The summed E-state index contributed by atoms with van der Waals surface area (Å²) in [5, 5.41) is 0.552. The largest absolute Gasteiger partial charge is 0.243 e. The minimum Gasteiger partial charge on any atom is -0.207 e. The van der Waals surface area contributed by atoms with Crippen molar-refractivity contribution in [2.24, 2.45) is 0 Å². The number of rotatable bonds is 4. The van der Waals surface area contributed by atoms with Crippen molar-refractivity contribution < 1.29 is 8.42 Å². The Labute approximate surface area is 146 Å². The van der Waals surface area contributed by atoms with Crippen LogP contribution in [0.3, 0.4) is 0 Å². The van der Waals surface area contributed by atoms with Gasteiger partial charge in [-0.05, 0) is 37.1 Å². The predicted octanol–water partition coefficient (Wildman–Crippen LogP) is 3.73. The van der Waals surface area contributed by atoms with Crippen LogP contribution in [0.25, 0.3) is 0 Å². The first-order valence-electron chi connectivity index (χ1n) is 5.91. The number of alkyl halides is 2. The van der Waals surface area contributed by atoms with E-state index in [0.717, 1.165) is 21.7 Å². The first kappa shape index (κ1) is 16.3. The minimum absolute atomic E-state index is 0.112. The van der Waals surface area contributed by atoms with Gasteiger partial charge in [-0.3, -0.25) is 0 Å². The maximum absolute atomic E-state index is 12.8. The Kier molecular flexibility index (Phi) is 5.78. The first-order chi connectivity index (χ1) is 9.00. The molecule has 0 N–H and O–H groups in total. The normalized spacial score (nSPS) is 24.8. The molecule has 0 amide bonds. The van der Waals surface area contributed by atoms with Crippen molar-refractivity contribution in [2.45, 2.75) is 29.8 Å². The van der Waals surface area contributed by atoms with Crippen LogP contribution in [0, 0.1) is 0 Å². The summed E-state index contributed by atoms with van der Waals surface area (Å²) in [5.41, 5.74) is 0. The molecule has 1 aliphatic heterocycles. The lowest BCUT2D eigenvalue weighted by Crippen LogP contribution is -2.42. The summed E-state index contributed by atoms with van der Waals surface area (Å²) in [4.78, 5) is 0.337. The molecule has 2 rings (SSSR count). The highest BCUT2D eigenvalue weighted by Crippen LogP contribution is 2.33. The summed E-state index contributed by atoms with van der Waals surface area (Å²) >= 11 is 10.4. The molecule has 1 fully saturated rings. The van der Waals surface area contributed by atoms with E-state index in [0.29, 0.717) is 9.92 Å². The highest BCUT2D eigenvalue weighted by Gasteiger charge is 2.40. The highest BCUT2D eigenvalue weighted by atomic mass is 127. The van der Waals surface area contributed by atoms with E-state index in [1.54, 1.807) is 28.6 Å². The van der Waals surface area contributed by atoms with E-state index >= 15 is 0 Å². The third-order valence-corrected chi connectivity index (χ3v) is 7.60. The van der Waals surface area contributed by atoms with Crippen LogP contribution in [-0.4, -0.2) is 33.7 Å². The average Bonchev–Trinajstić information content (AvgIpc) is 2.82. The van der Waals surface area contributed by atoms with E-state index in [4.69, 9.17) is 11.6 Å². The van der Waals surface area contributed by atoms with Gasteiger partial charge in [0.2, 0.25) is 10.0 Å². The van der Waals surface area contributed by atoms with Crippen molar-refractivity contribution in [2.75, 3.05) is 8.86 Å². The fraction of sp³-hybridized carbons (Fsp3) is 0.500. The standard InChI is InChI=1S/C12H14ClI2NO2S/c13-9-1-5-12(6-2-9)19(17,18)16-10(7-14)3-4-11(16)8-15/h1-2,5-6,10-11H,3-4,7-8H2. The van der Waals surface area contributed by atoms with Crippen LogP contribution in [-0.2, 0) is 10.0 Å². The van der Waals surface area contributed by atoms with Crippen LogP contribution in [0.4, 0.5) is 0 Å². The molecule has 7 heteroatoms. The molecule has 0 bridgehead atoms. The Balaban J connectivity index is 2.39. The summed E-state index contributed by atoms with van der Waals surface area (Å²) in [7, 11) is -3.41.